The third kappa shape index (κ3) is 3.23. The summed E-state index contributed by atoms with van der Waals surface area (Å²) in [4.78, 5) is 11.0. The van der Waals surface area contributed by atoms with Crippen molar-refractivity contribution in [1.82, 2.24) is 5.32 Å². The number of hydrogen-bond acceptors (Lipinski definition) is 3. The van der Waals surface area contributed by atoms with Gasteiger partial charge in [-0.15, -0.1) is 0 Å². The molecule has 18 heavy (non-hydrogen) atoms. The van der Waals surface area contributed by atoms with Gasteiger partial charge in [0.05, 0.1) is 5.92 Å². The molecule has 0 amide bonds. The van der Waals surface area contributed by atoms with Crippen molar-refractivity contribution < 1.29 is 15.0 Å². The molecular weight excluding hydrogens is 230 g/mol. The van der Waals surface area contributed by atoms with Gasteiger partial charge in [-0.05, 0) is 32.1 Å². The van der Waals surface area contributed by atoms with E-state index in [-0.39, 0.29) is 17.9 Å². The fourth-order valence-corrected chi connectivity index (χ4v) is 3.48. The minimum atomic E-state index is -0.653. The van der Waals surface area contributed by atoms with Crippen LogP contribution in [0, 0.1) is 11.3 Å². The summed E-state index contributed by atoms with van der Waals surface area (Å²) in [6.07, 6.45) is 8.27. The van der Waals surface area contributed by atoms with Gasteiger partial charge >= 0.3 is 5.97 Å². The monoisotopic (exact) mass is 255 g/mol. The molecule has 4 heteroatoms. The number of carboxylic acid groups (broad SMARTS) is 1. The van der Waals surface area contributed by atoms with Gasteiger partial charge in [0.15, 0.2) is 0 Å². The van der Waals surface area contributed by atoms with E-state index in [2.05, 4.69) is 5.32 Å². The quantitative estimate of drug-likeness (QED) is 0.700. The third-order valence-corrected chi connectivity index (χ3v) is 4.79. The van der Waals surface area contributed by atoms with E-state index in [1.54, 1.807) is 0 Å². The van der Waals surface area contributed by atoms with Gasteiger partial charge in [-0.3, -0.25) is 4.79 Å². The number of nitrogens with one attached hydrogen (secondary N) is 1. The maximum Gasteiger partial charge on any atom is 0.306 e. The Bertz CT molecular complexity index is 287. The number of carboxylic acids is 1. The van der Waals surface area contributed by atoms with Crippen molar-refractivity contribution in [2.45, 2.75) is 57.4 Å². The second-order valence-corrected chi connectivity index (χ2v) is 6.14. The Morgan fingerprint density at radius 1 is 1.22 bits per heavy atom. The second-order valence-electron chi connectivity index (χ2n) is 6.14. The molecule has 104 valence electrons. The molecule has 2 unspecified atom stereocenters. The molecule has 0 radical (unpaired) electrons. The Balaban J connectivity index is 1.80. The van der Waals surface area contributed by atoms with E-state index in [0.29, 0.717) is 6.04 Å². The first kappa shape index (κ1) is 13.8. The molecule has 0 aliphatic heterocycles. The van der Waals surface area contributed by atoms with Gasteiger partial charge < -0.3 is 15.5 Å². The molecule has 0 heterocycles. The molecule has 2 rings (SSSR count). The highest BCUT2D eigenvalue weighted by molar-refractivity contribution is 5.70. The molecule has 0 aromatic heterocycles. The molecule has 2 fully saturated rings. The Labute approximate surface area is 109 Å². The lowest BCUT2D eigenvalue weighted by Gasteiger charge is -2.33. The highest BCUT2D eigenvalue weighted by Crippen LogP contribution is 2.37. The van der Waals surface area contributed by atoms with E-state index in [9.17, 15) is 9.90 Å². The van der Waals surface area contributed by atoms with Crippen LogP contribution in [0.4, 0.5) is 0 Å². The first-order chi connectivity index (χ1) is 8.65. The van der Waals surface area contributed by atoms with Crippen molar-refractivity contribution in [2.75, 3.05) is 13.2 Å². The minimum Gasteiger partial charge on any atom is -0.481 e. The maximum atomic E-state index is 11.0. The van der Waals surface area contributed by atoms with Crippen molar-refractivity contribution in [1.29, 1.82) is 0 Å². The summed E-state index contributed by atoms with van der Waals surface area (Å²) in [5.74, 6) is -0.829. The number of rotatable bonds is 5. The predicted octanol–water partition coefficient (Wildman–Crippen LogP) is 1.77. The van der Waals surface area contributed by atoms with E-state index >= 15 is 0 Å². The van der Waals surface area contributed by atoms with Crippen LogP contribution in [0.3, 0.4) is 0 Å². The topological polar surface area (TPSA) is 69.6 Å². The first-order valence-corrected chi connectivity index (χ1v) is 7.22. The number of aliphatic hydroxyl groups excluding tert-OH is 1. The molecule has 0 spiro atoms. The summed E-state index contributed by atoms with van der Waals surface area (Å²) in [5.41, 5.74) is 0.0656. The molecule has 0 aromatic rings. The summed E-state index contributed by atoms with van der Waals surface area (Å²) in [5, 5.41) is 22.1. The van der Waals surface area contributed by atoms with Crippen molar-refractivity contribution in [2.24, 2.45) is 11.3 Å². The normalized spacial score (nSPS) is 31.4. The van der Waals surface area contributed by atoms with Crippen LogP contribution in [-0.2, 0) is 4.79 Å². The number of hydrogen-bond donors (Lipinski definition) is 3. The van der Waals surface area contributed by atoms with Crippen LogP contribution in [0.25, 0.3) is 0 Å². The van der Waals surface area contributed by atoms with E-state index in [1.807, 2.05) is 0 Å². The standard InChI is InChI=1S/C14H25NO3/c16-10-14(6-1-2-7-14)9-15-12-5-3-4-11(8-12)13(17)18/h11-12,15-16H,1-10H2,(H,17,18). The average Bonchev–Trinajstić information content (AvgIpc) is 2.86. The zero-order valence-corrected chi connectivity index (χ0v) is 11.0. The van der Waals surface area contributed by atoms with Gasteiger partial charge in [0, 0.05) is 24.6 Å². The van der Waals surface area contributed by atoms with Gasteiger partial charge in [-0.25, -0.2) is 0 Å². The number of carbonyl (C=O) groups is 1. The molecule has 2 aliphatic rings. The average molecular weight is 255 g/mol. The summed E-state index contributed by atoms with van der Waals surface area (Å²) >= 11 is 0. The summed E-state index contributed by atoms with van der Waals surface area (Å²) < 4.78 is 0. The molecule has 3 N–H and O–H groups in total. The van der Waals surface area contributed by atoms with Gasteiger partial charge in [0.25, 0.3) is 0 Å². The van der Waals surface area contributed by atoms with Gasteiger partial charge in [-0.2, -0.15) is 0 Å². The smallest absolute Gasteiger partial charge is 0.306 e. The van der Waals surface area contributed by atoms with E-state index in [4.69, 9.17) is 5.11 Å². The van der Waals surface area contributed by atoms with Crippen LogP contribution < -0.4 is 5.32 Å². The fraction of sp³-hybridized carbons (Fsp3) is 0.929. The van der Waals surface area contributed by atoms with Gasteiger partial charge in [-0.1, -0.05) is 19.3 Å². The fourth-order valence-electron chi connectivity index (χ4n) is 3.48. The van der Waals surface area contributed by atoms with Gasteiger partial charge in [0.1, 0.15) is 0 Å². The summed E-state index contributed by atoms with van der Waals surface area (Å²) in [6, 6.07) is 0.323. The molecule has 4 nitrogen and oxygen atoms in total. The third-order valence-electron chi connectivity index (χ3n) is 4.79. The Kier molecular flexibility index (Phi) is 4.62. The van der Waals surface area contributed by atoms with E-state index in [0.717, 1.165) is 45.1 Å². The van der Waals surface area contributed by atoms with Crippen LogP contribution >= 0.6 is 0 Å². The highest BCUT2D eigenvalue weighted by atomic mass is 16.4. The van der Waals surface area contributed by atoms with Crippen molar-refractivity contribution in [3.8, 4) is 0 Å². The largest absolute Gasteiger partial charge is 0.481 e. The van der Waals surface area contributed by atoms with Crippen molar-refractivity contribution >= 4 is 5.97 Å². The second kappa shape index (κ2) is 6.02. The molecule has 0 bridgehead atoms. The lowest BCUT2D eigenvalue weighted by molar-refractivity contribution is -0.143. The number of aliphatic carboxylic acids is 1. The maximum absolute atomic E-state index is 11.0. The zero-order chi connectivity index (χ0) is 13.0. The van der Waals surface area contributed by atoms with E-state index in [1.165, 1.54) is 12.8 Å². The SMILES string of the molecule is O=C(O)C1CCCC(NCC2(CO)CCCC2)C1. The summed E-state index contributed by atoms with van der Waals surface area (Å²) in [6.45, 7) is 1.11. The molecule has 0 aromatic carbocycles. The number of aliphatic hydroxyl groups is 1. The van der Waals surface area contributed by atoms with Crippen molar-refractivity contribution in [3.05, 3.63) is 0 Å². The highest BCUT2D eigenvalue weighted by Gasteiger charge is 2.34. The molecule has 2 aliphatic carbocycles. The Morgan fingerprint density at radius 3 is 2.56 bits per heavy atom. The molecule has 0 saturated heterocycles. The lowest BCUT2D eigenvalue weighted by Crippen LogP contribution is -2.43. The Hall–Kier alpha value is -0.610. The molecular formula is C14H25NO3. The molecule has 2 saturated carbocycles. The first-order valence-electron chi connectivity index (χ1n) is 7.22. The van der Waals surface area contributed by atoms with E-state index < -0.39 is 5.97 Å². The van der Waals surface area contributed by atoms with Crippen LogP contribution in [0.1, 0.15) is 51.4 Å². The summed E-state index contributed by atoms with van der Waals surface area (Å²) in [7, 11) is 0. The van der Waals surface area contributed by atoms with Gasteiger partial charge in [0.2, 0.25) is 0 Å². The Morgan fingerprint density at radius 2 is 1.94 bits per heavy atom. The van der Waals surface area contributed by atoms with Crippen LogP contribution in [0.5, 0.6) is 0 Å². The van der Waals surface area contributed by atoms with Crippen LogP contribution in [-0.4, -0.2) is 35.4 Å². The van der Waals surface area contributed by atoms with Crippen LogP contribution in [0.2, 0.25) is 0 Å². The zero-order valence-electron chi connectivity index (χ0n) is 11.0. The minimum absolute atomic E-state index is 0.0656. The predicted molar refractivity (Wildman–Crippen MR) is 69.4 cm³/mol. The van der Waals surface area contributed by atoms with Crippen LogP contribution in [0.15, 0.2) is 0 Å². The van der Waals surface area contributed by atoms with Crippen molar-refractivity contribution in [3.63, 3.8) is 0 Å². The molecule has 2 atom stereocenters. The lowest BCUT2D eigenvalue weighted by atomic mass is 9.83.